The SMILES string of the molecule is N#Cc1cc(Cl)cc(Oc2c(Br)ccc(C(C(=O)c3cccnc3)c3n[nH]c4nnccc34)c2F)c1. The maximum atomic E-state index is 16.1. The molecule has 2 aromatic carbocycles. The van der Waals surface area contributed by atoms with Crippen molar-refractivity contribution in [3.05, 3.63) is 105 Å². The summed E-state index contributed by atoms with van der Waals surface area (Å²) in [5.74, 6) is -2.39. The van der Waals surface area contributed by atoms with Gasteiger partial charge < -0.3 is 4.74 Å². The summed E-state index contributed by atoms with van der Waals surface area (Å²) in [5.41, 5.74) is 1.18. The molecule has 1 N–H and O–H groups in total. The normalized spacial score (nSPS) is 11.7. The summed E-state index contributed by atoms with van der Waals surface area (Å²) in [4.78, 5) is 17.7. The number of fused-ring (bicyclic) bond motifs is 1. The predicted molar refractivity (Wildman–Crippen MR) is 132 cm³/mol. The average Bonchev–Trinajstić information content (AvgIpc) is 3.32. The number of pyridine rings is 1. The number of aromatic amines is 1. The van der Waals surface area contributed by atoms with Gasteiger partial charge in [-0.1, -0.05) is 17.7 Å². The fraction of sp³-hybridized carbons (Fsp3) is 0.0400. The van der Waals surface area contributed by atoms with Crippen LogP contribution < -0.4 is 4.74 Å². The number of carbonyl (C=O) groups excluding carboxylic acids is 1. The van der Waals surface area contributed by atoms with Crippen molar-refractivity contribution in [2.45, 2.75) is 5.92 Å². The molecule has 1 atom stereocenters. The van der Waals surface area contributed by atoms with E-state index in [1.165, 1.54) is 42.9 Å². The van der Waals surface area contributed by atoms with Crippen molar-refractivity contribution in [3.8, 4) is 17.6 Å². The number of halogens is 3. The van der Waals surface area contributed by atoms with Crippen molar-refractivity contribution in [2.24, 2.45) is 0 Å². The highest BCUT2D eigenvalue weighted by Crippen LogP contribution is 2.40. The van der Waals surface area contributed by atoms with Crippen molar-refractivity contribution in [3.63, 3.8) is 0 Å². The third-order valence-electron chi connectivity index (χ3n) is 5.37. The van der Waals surface area contributed by atoms with Gasteiger partial charge in [0.05, 0.1) is 33.9 Å². The lowest BCUT2D eigenvalue weighted by Gasteiger charge is -2.18. The summed E-state index contributed by atoms with van der Waals surface area (Å²) < 4.78 is 22.2. The van der Waals surface area contributed by atoms with E-state index in [1.807, 2.05) is 6.07 Å². The molecule has 0 aliphatic carbocycles. The van der Waals surface area contributed by atoms with E-state index in [0.717, 1.165) is 0 Å². The number of nitrogens with zero attached hydrogens (tertiary/aromatic N) is 5. The van der Waals surface area contributed by atoms with Crippen molar-refractivity contribution >= 4 is 44.3 Å². The zero-order valence-electron chi connectivity index (χ0n) is 18.1. The second-order valence-electron chi connectivity index (χ2n) is 7.61. The van der Waals surface area contributed by atoms with Crippen LogP contribution in [-0.4, -0.2) is 31.2 Å². The number of aromatic nitrogens is 5. The third kappa shape index (κ3) is 4.42. The van der Waals surface area contributed by atoms with Crippen LogP contribution in [-0.2, 0) is 0 Å². The smallest absolute Gasteiger partial charge is 0.178 e. The lowest BCUT2D eigenvalue weighted by Crippen LogP contribution is -2.17. The van der Waals surface area contributed by atoms with Gasteiger partial charge in [-0.25, -0.2) is 4.39 Å². The molecule has 176 valence electrons. The molecule has 0 aliphatic heterocycles. The topological polar surface area (TPSA) is 117 Å². The summed E-state index contributed by atoms with van der Waals surface area (Å²) in [7, 11) is 0. The third-order valence-corrected chi connectivity index (χ3v) is 6.21. The van der Waals surface area contributed by atoms with E-state index in [9.17, 15) is 10.1 Å². The number of rotatable bonds is 6. The molecule has 36 heavy (non-hydrogen) atoms. The largest absolute Gasteiger partial charge is 0.453 e. The van der Waals surface area contributed by atoms with Crippen LogP contribution in [0.1, 0.15) is 33.1 Å². The number of ketones is 1. The minimum absolute atomic E-state index is 0.0230. The lowest BCUT2D eigenvalue weighted by molar-refractivity contribution is 0.0971. The first-order valence-corrected chi connectivity index (χ1v) is 11.6. The van der Waals surface area contributed by atoms with Crippen LogP contribution in [0.25, 0.3) is 11.0 Å². The number of hydrogen-bond acceptors (Lipinski definition) is 7. The number of ether oxygens (including phenoxy) is 1. The molecule has 5 rings (SSSR count). The van der Waals surface area contributed by atoms with Gasteiger partial charge in [0.15, 0.2) is 23.0 Å². The number of hydrogen-bond donors (Lipinski definition) is 1. The second-order valence-corrected chi connectivity index (χ2v) is 8.90. The Hall–Kier alpha value is -4.20. The summed E-state index contributed by atoms with van der Waals surface area (Å²) >= 11 is 9.39. The Kier molecular flexibility index (Phi) is 6.41. The number of nitrogens with one attached hydrogen (secondary N) is 1. The quantitative estimate of drug-likeness (QED) is 0.252. The average molecular weight is 564 g/mol. The number of Topliss-reactive ketones (excluding diaryl/α,β-unsaturated/α-hetero) is 1. The van der Waals surface area contributed by atoms with Crippen molar-refractivity contribution in [1.29, 1.82) is 5.26 Å². The Labute approximate surface area is 216 Å². The minimum Gasteiger partial charge on any atom is -0.453 e. The second kappa shape index (κ2) is 9.81. The van der Waals surface area contributed by atoms with E-state index in [1.54, 1.807) is 24.3 Å². The Balaban J connectivity index is 1.68. The molecule has 0 amide bonds. The molecule has 0 saturated carbocycles. The van der Waals surface area contributed by atoms with Crippen LogP contribution in [0, 0.1) is 17.1 Å². The van der Waals surface area contributed by atoms with Crippen LogP contribution in [0.3, 0.4) is 0 Å². The summed E-state index contributed by atoms with van der Waals surface area (Å²) in [6.07, 6.45) is 4.41. The summed E-state index contributed by atoms with van der Waals surface area (Å²) in [5, 5.41) is 24.9. The van der Waals surface area contributed by atoms with Crippen LogP contribution in [0.5, 0.6) is 11.5 Å². The van der Waals surface area contributed by atoms with Gasteiger partial charge in [-0.05, 0) is 58.4 Å². The zero-order valence-corrected chi connectivity index (χ0v) is 20.5. The number of H-pyrrole nitrogens is 1. The molecule has 1 unspecified atom stereocenters. The molecule has 5 aromatic rings. The molecule has 0 spiro atoms. The number of benzene rings is 2. The molecule has 0 fully saturated rings. The van der Waals surface area contributed by atoms with Crippen LogP contribution >= 0.6 is 27.5 Å². The molecule has 3 aromatic heterocycles. The van der Waals surface area contributed by atoms with E-state index in [0.29, 0.717) is 15.5 Å². The molecule has 0 saturated heterocycles. The molecule has 8 nitrogen and oxygen atoms in total. The monoisotopic (exact) mass is 562 g/mol. The number of carbonyl (C=O) groups is 1. The first kappa shape index (κ1) is 23.5. The molecule has 0 bridgehead atoms. The Morgan fingerprint density at radius 2 is 2.06 bits per heavy atom. The fourth-order valence-corrected chi connectivity index (χ4v) is 4.38. The lowest BCUT2D eigenvalue weighted by atomic mass is 9.87. The highest BCUT2D eigenvalue weighted by atomic mass is 79.9. The highest BCUT2D eigenvalue weighted by molar-refractivity contribution is 9.10. The van der Waals surface area contributed by atoms with Crippen LogP contribution in [0.4, 0.5) is 4.39 Å². The van der Waals surface area contributed by atoms with Gasteiger partial charge in [0, 0.05) is 33.9 Å². The van der Waals surface area contributed by atoms with Crippen molar-refractivity contribution in [1.82, 2.24) is 25.4 Å². The molecule has 11 heteroatoms. The standard InChI is InChI=1S/C25H13BrClFN6O2/c26-19-4-3-17(21(28)24(19)36-16-9-13(11-29)8-15(27)10-16)20(23(35)14-2-1-6-30-12-14)22-18-5-7-31-33-25(18)34-32-22/h1-10,12,20H,(H,32,33,34). The summed E-state index contributed by atoms with van der Waals surface area (Å²) in [6, 6.07) is 14.3. The van der Waals surface area contributed by atoms with Crippen LogP contribution in [0.15, 0.2) is 71.6 Å². The van der Waals surface area contributed by atoms with Gasteiger partial charge in [-0.2, -0.15) is 15.5 Å². The molecule has 0 aliphatic rings. The fourth-order valence-electron chi connectivity index (χ4n) is 3.77. The van der Waals surface area contributed by atoms with Crippen LogP contribution in [0.2, 0.25) is 5.02 Å². The maximum absolute atomic E-state index is 16.1. The van der Waals surface area contributed by atoms with Crippen molar-refractivity contribution in [2.75, 3.05) is 0 Å². The van der Waals surface area contributed by atoms with E-state index in [4.69, 9.17) is 16.3 Å². The van der Waals surface area contributed by atoms with E-state index >= 15 is 4.39 Å². The van der Waals surface area contributed by atoms with Crippen molar-refractivity contribution < 1.29 is 13.9 Å². The van der Waals surface area contributed by atoms with Gasteiger partial charge in [0.1, 0.15) is 5.75 Å². The van der Waals surface area contributed by atoms with Gasteiger partial charge >= 0.3 is 0 Å². The van der Waals surface area contributed by atoms with E-state index in [-0.39, 0.29) is 38.9 Å². The zero-order chi connectivity index (χ0) is 25.2. The van der Waals surface area contributed by atoms with Gasteiger partial charge in [0.25, 0.3) is 0 Å². The van der Waals surface area contributed by atoms with Gasteiger partial charge in [-0.3, -0.25) is 14.9 Å². The molecule has 3 heterocycles. The molecular weight excluding hydrogens is 551 g/mol. The van der Waals surface area contributed by atoms with Gasteiger partial charge in [-0.15, -0.1) is 5.10 Å². The van der Waals surface area contributed by atoms with E-state index in [2.05, 4.69) is 41.3 Å². The minimum atomic E-state index is -1.16. The summed E-state index contributed by atoms with van der Waals surface area (Å²) in [6.45, 7) is 0. The maximum Gasteiger partial charge on any atom is 0.178 e. The van der Waals surface area contributed by atoms with Gasteiger partial charge in [0.2, 0.25) is 0 Å². The Morgan fingerprint density at radius 3 is 2.83 bits per heavy atom. The first-order chi connectivity index (χ1) is 17.5. The number of nitriles is 1. The highest BCUT2D eigenvalue weighted by Gasteiger charge is 2.33. The Bertz CT molecular complexity index is 1650. The first-order valence-electron chi connectivity index (χ1n) is 10.4. The van der Waals surface area contributed by atoms with E-state index < -0.39 is 17.5 Å². The predicted octanol–water partition coefficient (Wildman–Crippen LogP) is 5.98. The molecule has 0 radical (unpaired) electrons. The Morgan fingerprint density at radius 1 is 1.19 bits per heavy atom. The molecular formula is C25H13BrClFN6O2.